The lowest BCUT2D eigenvalue weighted by atomic mass is 10.3. The Labute approximate surface area is 85.9 Å². The molecule has 0 saturated heterocycles. The number of rotatable bonds is 8. The number of hydrogen-bond donors (Lipinski definition) is 2. The zero-order valence-electron chi connectivity index (χ0n) is 8.88. The first kappa shape index (κ1) is 13.7. The molecule has 0 aliphatic carbocycles. The number of unbranched alkanes of at least 4 members (excludes halogenated alkanes) is 2. The summed E-state index contributed by atoms with van der Waals surface area (Å²) in [6.07, 6.45) is 3.58. The van der Waals surface area contributed by atoms with Crippen molar-refractivity contribution < 1.29 is 14.5 Å². The summed E-state index contributed by atoms with van der Waals surface area (Å²) in [5.74, 6) is -0.959. The lowest BCUT2D eigenvalue weighted by molar-refractivity contribution is -0.136. The number of nitrogens with one attached hydrogen (secondary N) is 1. The molecule has 2 atom stereocenters. The van der Waals surface area contributed by atoms with E-state index in [0.29, 0.717) is 13.0 Å². The Morgan fingerprint density at radius 3 is 2.50 bits per heavy atom. The largest absolute Gasteiger partial charge is 0.481 e. The average Bonchev–Trinajstić information content (AvgIpc) is 2.13. The van der Waals surface area contributed by atoms with Crippen LogP contribution in [0.4, 0.5) is 0 Å². The minimum atomic E-state index is -2.16. The van der Waals surface area contributed by atoms with Crippen LogP contribution in [0.1, 0.15) is 39.5 Å². The quantitative estimate of drug-likeness (QED) is 0.486. The summed E-state index contributed by atoms with van der Waals surface area (Å²) < 4.78 is 11.5. The molecule has 0 aliphatic rings. The topological polar surface area (TPSA) is 66.4 Å². The van der Waals surface area contributed by atoms with Gasteiger partial charge in [0.05, 0.1) is 0 Å². The van der Waals surface area contributed by atoms with E-state index in [9.17, 15) is 9.36 Å². The average molecular weight is 221 g/mol. The standard InChI is InChI=1S/C9H20NO3P/c1-3-5-6-7-10-14(13)8(4-2)9(11)12/h8,14H,3-7H2,1-2H3,(H,10,13)(H,11,12). The molecule has 0 radical (unpaired) electrons. The minimum Gasteiger partial charge on any atom is -0.481 e. The molecule has 0 aromatic carbocycles. The second-order valence-corrected chi connectivity index (χ2v) is 5.08. The van der Waals surface area contributed by atoms with Crippen LogP contribution in [0.5, 0.6) is 0 Å². The fraction of sp³-hybridized carbons (Fsp3) is 0.889. The number of aliphatic carboxylic acids is 1. The summed E-state index contributed by atoms with van der Waals surface area (Å²) in [7, 11) is -2.16. The van der Waals surface area contributed by atoms with Crippen LogP contribution < -0.4 is 5.09 Å². The van der Waals surface area contributed by atoms with Crippen molar-refractivity contribution in [3.8, 4) is 0 Å². The molecule has 4 nitrogen and oxygen atoms in total. The maximum Gasteiger partial charge on any atom is 0.315 e. The molecule has 0 fully saturated rings. The second-order valence-electron chi connectivity index (χ2n) is 3.30. The Morgan fingerprint density at radius 2 is 2.07 bits per heavy atom. The molecule has 0 aromatic heterocycles. The zero-order chi connectivity index (χ0) is 11.0. The van der Waals surface area contributed by atoms with Gasteiger partial charge in [-0.1, -0.05) is 26.7 Å². The van der Waals surface area contributed by atoms with Crippen LogP contribution in [-0.2, 0) is 9.36 Å². The van der Waals surface area contributed by atoms with Crippen LogP contribution in [0.2, 0.25) is 0 Å². The van der Waals surface area contributed by atoms with Crippen LogP contribution in [0, 0.1) is 0 Å². The monoisotopic (exact) mass is 221 g/mol. The molecular weight excluding hydrogens is 201 g/mol. The Morgan fingerprint density at radius 1 is 1.43 bits per heavy atom. The van der Waals surface area contributed by atoms with Crippen molar-refractivity contribution in [1.29, 1.82) is 0 Å². The highest BCUT2D eigenvalue weighted by molar-refractivity contribution is 7.44. The fourth-order valence-corrected chi connectivity index (χ4v) is 2.45. The fourth-order valence-electron chi connectivity index (χ4n) is 1.18. The summed E-state index contributed by atoms with van der Waals surface area (Å²) in [5.41, 5.74) is -0.707. The van der Waals surface area contributed by atoms with Crippen molar-refractivity contribution in [2.45, 2.75) is 45.2 Å². The molecule has 0 aromatic rings. The van der Waals surface area contributed by atoms with Crippen LogP contribution in [-0.4, -0.2) is 23.3 Å². The van der Waals surface area contributed by atoms with E-state index in [2.05, 4.69) is 12.0 Å². The third kappa shape index (κ3) is 5.40. The van der Waals surface area contributed by atoms with Gasteiger partial charge in [-0.15, -0.1) is 0 Å². The van der Waals surface area contributed by atoms with Crippen LogP contribution in [0.25, 0.3) is 0 Å². The van der Waals surface area contributed by atoms with Gasteiger partial charge in [-0.2, -0.15) is 0 Å². The van der Waals surface area contributed by atoms with Crippen molar-refractivity contribution in [1.82, 2.24) is 5.09 Å². The predicted molar refractivity (Wildman–Crippen MR) is 58.2 cm³/mol. The molecule has 0 amide bonds. The number of carbonyl (C=O) groups is 1. The molecule has 0 saturated carbocycles. The first-order valence-electron chi connectivity index (χ1n) is 5.14. The normalized spacial score (nSPS) is 15.0. The highest BCUT2D eigenvalue weighted by Gasteiger charge is 2.21. The molecule has 2 unspecified atom stereocenters. The van der Waals surface area contributed by atoms with Gasteiger partial charge in [-0.3, -0.25) is 9.88 Å². The van der Waals surface area contributed by atoms with E-state index < -0.39 is 19.6 Å². The lowest BCUT2D eigenvalue weighted by Crippen LogP contribution is -2.21. The Kier molecular flexibility index (Phi) is 7.81. The van der Waals surface area contributed by atoms with Crippen LogP contribution in [0.3, 0.4) is 0 Å². The number of carboxylic acid groups (broad SMARTS) is 1. The Bertz CT molecular complexity index is 196. The van der Waals surface area contributed by atoms with Gasteiger partial charge < -0.3 is 9.67 Å². The zero-order valence-corrected chi connectivity index (χ0v) is 9.88. The van der Waals surface area contributed by atoms with Gasteiger partial charge in [0.25, 0.3) is 0 Å². The van der Waals surface area contributed by atoms with Crippen LogP contribution >= 0.6 is 7.95 Å². The molecule has 84 valence electrons. The van der Waals surface area contributed by atoms with E-state index in [-0.39, 0.29) is 0 Å². The Balaban J connectivity index is 3.76. The van der Waals surface area contributed by atoms with E-state index in [1.54, 1.807) is 6.92 Å². The van der Waals surface area contributed by atoms with E-state index in [1.807, 2.05) is 0 Å². The number of hydrogen-bond acceptors (Lipinski definition) is 2. The first-order valence-corrected chi connectivity index (χ1v) is 6.62. The molecule has 5 heteroatoms. The first-order chi connectivity index (χ1) is 6.63. The van der Waals surface area contributed by atoms with Gasteiger partial charge in [0.1, 0.15) is 13.6 Å². The maximum atomic E-state index is 11.5. The van der Waals surface area contributed by atoms with E-state index in [4.69, 9.17) is 5.11 Å². The summed E-state index contributed by atoms with van der Waals surface area (Å²) in [6.45, 7) is 4.50. The van der Waals surface area contributed by atoms with E-state index >= 15 is 0 Å². The van der Waals surface area contributed by atoms with Gasteiger partial charge >= 0.3 is 5.97 Å². The Hall–Kier alpha value is -0.340. The maximum absolute atomic E-state index is 11.5. The van der Waals surface area contributed by atoms with Gasteiger partial charge in [0, 0.05) is 6.54 Å². The molecule has 0 rings (SSSR count). The van der Waals surface area contributed by atoms with E-state index in [0.717, 1.165) is 19.3 Å². The van der Waals surface area contributed by atoms with Crippen molar-refractivity contribution >= 4 is 13.9 Å². The summed E-state index contributed by atoms with van der Waals surface area (Å²) in [5, 5.41) is 11.5. The van der Waals surface area contributed by atoms with Crippen LogP contribution in [0.15, 0.2) is 0 Å². The minimum absolute atomic E-state index is 0.425. The van der Waals surface area contributed by atoms with Crippen molar-refractivity contribution in [2.24, 2.45) is 0 Å². The highest BCUT2D eigenvalue weighted by Crippen LogP contribution is 2.25. The molecule has 0 aliphatic heterocycles. The predicted octanol–water partition coefficient (Wildman–Crippen LogP) is 2.10. The molecule has 0 bridgehead atoms. The summed E-state index contributed by atoms with van der Waals surface area (Å²) in [4.78, 5) is 10.6. The third-order valence-electron chi connectivity index (χ3n) is 2.10. The summed E-state index contributed by atoms with van der Waals surface area (Å²) in [6, 6.07) is 0. The smallest absolute Gasteiger partial charge is 0.315 e. The molecule has 2 N–H and O–H groups in total. The second kappa shape index (κ2) is 8.01. The summed E-state index contributed by atoms with van der Waals surface area (Å²) >= 11 is 0. The molecule has 0 heterocycles. The highest BCUT2D eigenvalue weighted by atomic mass is 31.1. The number of carboxylic acids is 1. The van der Waals surface area contributed by atoms with Crippen molar-refractivity contribution in [3.05, 3.63) is 0 Å². The molecule has 0 spiro atoms. The molecular formula is C9H20NO3P. The van der Waals surface area contributed by atoms with Crippen molar-refractivity contribution in [2.75, 3.05) is 6.54 Å². The van der Waals surface area contributed by atoms with Gasteiger partial charge in [-0.05, 0) is 12.8 Å². The SMILES string of the molecule is CCCCCN[PH](=O)C(CC)C(=O)O. The lowest BCUT2D eigenvalue weighted by Gasteiger charge is -2.10. The molecule has 14 heavy (non-hydrogen) atoms. The van der Waals surface area contributed by atoms with Gasteiger partial charge in [0.2, 0.25) is 0 Å². The third-order valence-corrected chi connectivity index (χ3v) is 3.99. The van der Waals surface area contributed by atoms with Gasteiger partial charge in [0.15, 0.2) is 0 Å². The van der Waals surface area contributed by atoms with Crippen molar-refractivity contribution in [3.63, 3.8) is 0 Å². The van der Waals surface area contributed by atoms with Gasteiger partial charge in [-0.25, -0.2) is 0 Å². The van der Waals surface area contributed by atoms with E-state index in [1.165, 1.54) is 0 Å².